The van der Waals surface area contributed by atoms with Crippen LogP contribution in [0.3, 0.4) is 0 Å². The lowest BCUT2D eigenvalue weighted by Gasteiger charge is -2.26. The summed E-state index contributed by atoms with van der Waals surface area (Å²) in [4.78, 5) is 7.63. The third-order valence-electron chi connectivity index (χ3n) is 5.89. The van der Waals surface area contributed by atoms with Gasteiger partial charge in [0.15, 0.2) is 0 Å². The Kier molecular flexibility index (Phi) is 5.10. The summed E-state index contributed by atoms with van der Waals surface area (Å²) in [6.45, 7) is 3.51. The maximum absolute atomic E-state index is 5.06. The summed E-state index contributed by atoms with van der Waals surface area (Å²) < 4.78 is 0. The molecule has 2 heterocycles. The molecule has 0 saturated carbocycles. The Hall–Kier alpha value is -2.97. The van der Waals surface area contributed by atoms with Gasteiger partial charge in [0.1, 0.15) is 0 Å². The normalized spacial score (nSPS) is 14.9. The van der Waals surface area contributed by atoms with Crippen molar-refractivity contribution in [2.75, 3.05) is 13.1 Å². The van der Waals surface area contributed by atoms with Crippen LogP contribution in [-0.2, 0) is 6.54 Å². The average molecular weight is 379 g/mol. The lowest BCUT2D eigenvalue weighted by atomic mass is 9.97. The van der Waals surface area contributed by atoms with Crippen molar-refractivity contribution in [1.29, 1.82) is 0 Å². The molecular weight excluding hydrogens is 352 g/mol. The molecule has 144 valence electrons. The van der Waals surface area contributed by atoms with E-state index in [1.165, 1.54) is 60.0 Å². The molecule has 3 aromatic carbocycles. The van der Waals surface area contributed by atoms with Gasteiger partial charge in [0, 0.05) is 23.1 Å². The third-order valence-corrected chi connectivity index (χ3v) is 5.89. The number of rotatable bonds is 4. The molecule has 4 aromatic rings. The van der Waals surface area contributed by atoms with Crippen LogP contribution in [0, 0.1) is 0 Å². The van der Waals surface area contributed by atoms with Crippen LogP contribution in [0.5, 0.6) is 0 Å². The van der Waals surface area contributed by atoms with Crippen molar-refractivity contribution in [3.63, 3.8) is 0 Å². The minimum absolute atomic E-state index is 1.04. The second kappa shape index (κ2) is 8.18. The summed E-state index contributed by atoms with van der Waals surface area (Å²) in [6.07, 6.45) is 4.05. The third kappa shape index (κ3) is 3.94. The number of hydrogen-bond donors (Lipinski definition) is 0. The van der Waals surface area contributed by atoms with E-state index in [1.807, 2.05) is 0 Å². The highest BCUT2D eigenvalue weighted by Gasteiger charge is 2.13. The summed E-state index contributed by atoms with van der Waals surface area (Å²) in [6, 6.07) is 30.3. The van der Waals surface area contributed by atoms with Crippen LogP contribution in [0.2, 0.25) is 0 Å². The number of para-hydroxylation sites is 1. The maximum Gasteiger partial charge on any atom is 0.0788 e. The van der Waals surface area contributed by atoms with Gasteiger partial charge in [0.25, 0.3) is 0 Å². The smallest absolute Gasteiger partial charge is 0.0788 e. The molecular formula is C27H26N2. The van der Waals surface area contributed by atoms with Crippen LogP contribution >= 0.6 is 0 Å². The minimum atomic E-state index is 1.04. The lowest BCUT2D eigenvalue weighted by molar-refractivity contribution is 0.221. The van der Waals surface area contributed by atoms with Gasteiger partial charge in [0.05, 0.1) is 11.2 Å². The highest BCUT2D eigenvalue weighted by atomic mass is 15.1. The number of pyridine rings is 1. The summed E-state index contributed by atoms with van der Waals surface area (Å²) in [5.74, 6) is 0. The van der Waals surface area contributed by atoms with Crippen molar-refractivity contribution in [2.45, 2.75) is 25.8 Å². The molecule has 1 saturated heterocycles. The second-order valence-corrected chi connectivity index (χ2v) is 7.98. The SMILES string of the molecule is c1ccc(-c2cc3ccccc3nc2-c2ccc(CN3CCCCC3)cc2)cc1. The van der Waals surface area contributed by atoms with Gasteiger partial charge in [-0.25, -0.2) is 4.98 Å². The first-order chi connectivity index (χ1) is 14.4. The monoisotopic (exact) mass is 378 g/mol. The fraction of sp³-hybridized carbons (Fsp3) is 0.222. The van der Waals surface area contributed by atoms with E-state index in [2.05, 4.69) is 89.8 Å². The molecule has 0 atom stereocenters. The van der Waals surface area contributed by atoms with Crippen molar-refractivity contribution in [3.05, 3.63) is 90.5 Å². The second-order valence-electron chi connectivity index (χ2n) is 7.98. The maximum atomic E-state index is 5.06. The predicted molar refractivity (Wildman–Crippen MR) is 122 cm³/mol. The van der Waals surface area contributed by atoms with E-state index in [1.54, 1.807) is 0 Å². The van der Waals surface area contributed by atoms with Crippen molar-refractivity contribution in [3.8, 4) is 22.4 Å². The van der Waals surface area contributed by atoms with E-state index in [0.29, 0.717) is 0 Å². The van der Waals surface area contributed by atoms with Crippen LogP contribution in [0.1, 0.15) is 24.8 Å². The number of fused-ring (bicyclic) bond motifs is 1. The summed E-state index contributed by atoms with van der Waals surface area (Å²) in [5, 5.41) is 1.18. The van der Waals surface area contributed by atoms with Gasteiger partial charge in [-0.05, 0) is 49.2 Å². The number of nitrogens with zero attached hydrogens (tertiary/aromatic N) is 2. The van der Waals surface area contributed by atoms with Gasteiger partial charge in [-0.2, -0.15) is 0 Å². The molecule has 0 radical (unpaired) electrons. The summed E-state index contributed by atoms with van der Waals surface area (Å²) in [7, 11) is 0. The zero-order valence-electron chi connectivity index (χ0n) is 16.7. The number of piperidine rings is 1. The van der Waals surface area contributed by atoms with Crippen molar-refractivity contribution < 1.29 is 0 Å². The Morgan fingerprint density at radius 1 is 0.690 bits per heavy atom. The zero-order chi connectivity index (χ0) is 19.5. The van der Waals surface area contributed by atoms with Gasteiger partial charge < -0.3 is 0 Å². The van der Waals surface area contributed by atoms with Gasteiger partial charge in [-0.1, -0.05) is 79.2 Å². The molecule has 1 aliphatic rings. The van der Waals surface area contributed by atoms with Crippen LogP contribution in [0.15, 0.2) is 84.9 Å². The number of likely N-dealkylation sites (tertiary alicyclic amines) is 1. The zero-order valence-corrected chi connectivity index (χ0v) is 16.7. The molecule has 0 aliphatic carbocycles. The van der Waals surface area contributed by atoms with Gasteiger partial charge in [-0.3, -0.25) is 4.90 Å². The molecule has 0 spiro atoms. The summed E-state index contributed by atoms with van der Waals surface area (Å²) >= 11 is 0. The van der Waals surface area contributed by atoms with Crippen LogP contribution in [0.4, 0.5) is 0 Å². The fourth-order valence-corrected chi connectivity index (χ4v) is 4.32. The minimum Gasteiger partial charge on any atom is -0.299 e. The molecule has 1 aliphatic heterocycles. The highest BCUT2D eigenvalue weighted by molar-refractivity contribution is 5.91. The number of benzene rings is 3. The molecule has 0 bridgehead atoms. The Balaban J connectivity index is 1.53. The van der Waals surface area contributed by atoms with Gasteiger partial charge in [-0.15, -0.1) is 0 Å². The van der Waals surface area contributed by atoms with Crippen LogP contribution in [0.25, 0.3) is 33.3 Å². The summed E-state index contributed by atoms with van der Waals surface area (Å²) in [5.41, 5.74) is 7.06. The van der Waals surface area contributed by atoms with Crippen molar-refractivity contribution >= 4 is 10.9 Å². The molecule has 1 aromatic heterocycles. The predicted octanol–water partition coefficient (Wildman–Crippen LogP) is 6.55. The average Bonchev–Trinajstić information content (AvgIpc) is 2.80. The van der Waals surface area contributed by atoms with E-state index in [9.17, 15) is 0 Å². The molecule has 0 N–H and O–H groups in total. The number of hydrogen-bond acceptors (Lipinski definition) is 2. The Morgan fingerprint density at radius 2 is 1.41 bits per heavy atom. The topological polar surface area (TPSA) is 16.1 Å². The van der Waals surface area contributed by atoms with Crippen LogP contribution < -0.4 is 0 Å². The Bertz CT molecular complexity index is 1090. The quantitative estimate of drug-likeness (QED) is 0.400. The van der Waals surface area contributed by atoms with E-state index < -0.39 is 0 Å². The van der Waals surface area contributed by atoms with Crippen molar-refractivity contribution in [1.82, 2.24) is 9.88 Å². The first-order valence-electron chi connectivity index (χ1n) is 10.6. The van der Waals surface area contributed by atoms with Crippen LogP contribution in [-0.4, -0.2) is 23.0 Å². The molecule has 29 heavy (non-hydrogen) atoms. The van der Waals surface area contributed by atoms with E-state index in [-0.39, 0.29) is 0 Å². The van der Waals surface area contributed by atoms with Gasteiger partial charge in [0.2, 0.25) is 0 Å². The molecule has 5 rings (SSSR count). The fourth-order valence-electron chi connectivity index (χ4n) is 4.32. The first kappa shape index (κ1) is 18.1. The van der Waals surface area contributed by atoms with Crippen molar-refractivity contribution in [2.24, 2.45) is 0 Å². The Morgan fingerprint density at radius 3 is 2.21 bits per heavy atom. The Labute approximate surface area is 172 Å². The molecule has 2 heteroatoms. The molecule has 0 unspecified atom stereocenters. The number of aromatic nitrogens is 1. The molecule has 1 fully saturated rings. The van der Waals surface area contributed by atoms with E-state index in [4.69, 9.17) is 4.98 Å². The van der Waals surface area contributed by atoms with E-state index >= 15 is 0 Å². The highest BCUT2D eigenvalue weighted by Crippen LogP contribution is 2.33. The van der Waals surface area contributed by atoms with E-state index in [0.717, 1.165) is 17.8 Å². The first-order valence-corrected chi connectivity index (χ1v) is 10.6. The molecule has 0 amide bonds. The largest absolute Gasteiger partial charge is 0.299 e. The standard InChI is InChI=1S/C27H26N2/c1-3-9-22(10-4-1)25-19-24-11-5-6-12-26(24)28-27(25)23-15-13-21(14-16-23)20-29-17-7-2-8-18-29/h1,3-6,9-16,19H,2,7-8,17-18,20H2. The van der Waals surface area contributed by atoms with Gasteiger partial charge >= 0.3 is 0 Å². The lowest BCUT2D eigenvalue weighted by Crippen LogP contribution is -2.28. The molecule has 2 nitrogen and oxygen atoms in total.